The van der Waals surface area contributed by atoms with Gasteiger partial charge in [-0.25, -0.2) is 18.4 Å². The number of aromatic nitrogens is 2. The number of carbonyl (C=O) groups is 2. The summed E-state index contributed by atoms with van der Waals surface area (Å²) in [5, 5.41) is 6.76. The number of benzene rings is 2. The van der Waals surface area contributed by atoms with Gasteiger partial charge >= 0.3 is 0 Å². The quantitative estimate of drug-likeness (QED) is 0.572. The van der Waals surface area contributed by atoms with Crippen LogP contribution in [0.4, 0.5) is 11.6 Å². The molecule has 172 valence electrons. The van der Waals surface area contributed by atoms with Crippen molar-refractivity contribution in [3.63, 3.8) is 0 Å². The molecule has 1 atom stereocenters. The first-order valence-electron chi connectivity index (χ1n) is 10.7. The fraction of sp³-hybridized carbons (Fsp3) is 0.304. The van der Waals surface area contributed by atoms with E-state index in [-0.39, 0.29) is 22.8 Å². The van der Waals surface area contributed by atoms with Gasteiger partial charge in [-0.2, -0.15) is 0 Å². The molecule has 1 aromatic heterocycles. The third-order valence-electron chi connectivity index (χ3n) is 5.53. The normalized spacial score (nSPS) is 16.1. The average Bonchev–Trinajstić information content (AvgIpc) is 3.26. The molecule has 1 fully saturated rings. The van der Waals surface area contributed by atoms with Crippen LogP contribution >= 0.6 is 0 Å². The third kappa shape index (κ3) is 5.28. The average molecular weight is 468 g/mol. The summed E-state index contributed by atoms with van der Waals surface area (Å²) in [5.41, 5.74) is 1.75. The van der Waals surface area contributed by atoms with E-state index in [0.717, 1.165) is 18.1 Å². The summed E-state index contributed by atoms with van der Waals surface area (Å²) >= 11 is 0. The molecular formula is C23H25N5O4S. The molecule has 0 aliphatic carbocycles. The molecule has 2 aromatic carbocycles. The van der Waals surface area contributed by atoms with Crippen LogP contribution in [0.2, 0.25) is 0 Å². The molecule has 1 saturated heterocycles. The van der Waals surface area contributed by atoms with Crippen molar-refractivity contribution in [3.05, 3.63) is 54.2 Å². The van der Waals surface area contributed by atoms with Crippen LogP contribution in [0.15, 0.2) is 53.6 Å². The van der Waals surface area contributed by atoms with Crippen molar-refractivity contribution >= 4 is 44.2 Å². The first-order valence-corrected chi connectivity index (χ1v) is 12.5. The monoisotopic (exact) mass is 467 g/mol. The van der Waals surface area contributed by atoms with Gasteiger partial charge in [-0.15, -0.1) is 0 Å². The number of rotatable bonds is 6. The largest absolute Gasteiger partial charge is 0.350 e. The molecule has 2 N–H and O–H groups in total. The van der Waals surface area contributed by atoms with Crippen molar-refractivity contribution in [2.45, 2.75) is 30.7 Å². The summed E-state index contributed by atoms with van der Waals surface area (Å²) in [6.45, 7) is 2.87. The van der Waals surface area contributed by atoms with Crippen LogP contribution in [-0.2, 0) is 14.6 Å². The molecule has 4 rings (SSSR count). The van der Waals surface area contributed by atoms with E-state index in [1.807, 2.05) is 0 Å². The van der Waals surface area contributed by atoms with Gasteiger partial charge in [0.05, 0.1) is 10.4 Å². The van der Waals surface area contributed by atoms with Crippen molar-refractivity contribution in [2.75, 3.05) is 30.0 Å². The number of sulfone groups is 1. The molecule has 1 aliphatic heterocycles. The summed E-state index contributed by atoms with van der Waals surface area (Å²) in [6, 6.07) is 11.6. The lowest BCUT2D eigenvalue weighted by atomic mass is 10.2. The zero-order chi connectivity index (χ0) is 23.6. The van der Waals surface area contributed by atoms with Gasteiger partial charge in [0.25, 0.3) is 5.91 Å². The molecule has 0 saturated carbocycles. The van der Waals surface area contributed by atoms with Gasteiger partial charge in [0, 0.05) is 54.6 Å². The SMILES string of the molecule is CCC(=O)Nc1ccc(C(=O)N2CCC(Nc3ncc4ccc(S(C)(=O)=O)cc4n3)C2)cc1. The summed E-state index contributed by atoms with van der Waals surface area (Å²) in [5.74, 6) is 0.236. The molecule has 9 nitrogen and oxygen atoms in total. The summed E-state index contributed by atoms with van der Waals surface area (Å²) < 4.78 is 23.6. The Morgan fingerprint density at radius 3 is 2.61 bits per heavy atom. The highest BCUT2D eigenvalue weighted by molar-refractivity contribution is 7.90. The first-order chi connectivity index (χ1) is 15.7. The number of likely N-dealkylation sites (tertiary alicyclic amines) is 1. The van der Waals surface area contributed by atoms with Gasteiger partial charge in [-0.05, 0) is 48.9 Å². The van der Waals surface area contributed by atoms with Crippen LogP contribution in [0.25, 0.3) is 10.9 Å². The van der Waals surface area contributed by atoms with E-state index in [1.54, 1.807) is 54.4 Å². The maximum Gasteiger partial charge on any atom is 0.253 e. The molecule has 1 unspecified atom stereocenters. The van der Waals surface area contributed by atoms with Crippen LogP contribution in [0, 0.1) is 0 Å². The Hall–Kier alpha value is -3.53. The predicted molar refractivity (Wildman–Crippen MR) is 126 cm³/mol. The van der Waals surface area contributed by atoms with Gasteiger partial charge in [-0.1, -0.05) is 6.92 Å². The Morgan fingerprint density at radius 2 is 1.91 bits per heavy atom. The fourth-order valence-corrected chi connectivity index (χ4v) is 4.32. The topological polar surface area (TPSA) is 121 Å². The lowest BCUT2D eigenvalue weighted by Crippen LogP contribution is -2.31. The highest BCUT2D eigenvalue weighted by Crippen LogP contribution is 2.21. The number of amides is 2. The highest BCUT2D eigenvalue weighted by atomic mass is 32.2. The van der Waals surface area contributed by atoms with Crippen LogP contribution < -0.4 is 10.6 Å². The van der Waals surface area contributed by atoms with Crippen LogP contribution in [-0.4, -0.2) is 60.5 Å². The second-order valence-corrected chi connectivity index (χ2v) is 10.1. The second kappa shape index (κ2) is 9.14. The van der Waals surface area contributed by atoms with Gasteiger partial charge in [0.1, 0.15) is 0 Å². The molecule has 2 heterocycles. The van der Waals surface area contributed by atoms with E-state index >= 15 is 0 Å². The number of nitrogens with one attached hydrogen (secondary N) is 2. The molecule has 0 radical (unpaired) electrons. The number of hydrogen-bond donors (Lipinski definition) is 2. The Morgan fingerprint density at radius 1 is 1.15 bits per heavy atom. The lowest BCUT2D eigenvalue weighted by molar-refractivity contribution is -0.115. The molecule has 2 amide bonds. The van der Waals surface area contributed by atoms with Crippen LogP contribution in [0.3, 0.4) is 0 Å². The Balaban J connectivity index is 1.41. The highest BCUT2D eigenvalue weighted by Gasteiger charge is 2.27. The minimum Gasteiger partial charge on any atom is -0.350 e. The van der Waals surface area contributed by atoms with E-state index in [1.165, 1.54) is 6.07 Å². The van der Waals surface area contributed by atoms with Crippen LogP contribution in [0.1, 0.15) is 30.1 Å². The molecule has 3 aromatic rings. The Kier molecular flexibility index (Phi) is 6.28. The maximum absolute atomic E-state index is 12.9. The Labute approximate surface area is 192 Å². The van der Waals surface area contributed by atoms with Crippen molar-refractivity contribution in [2.24, 2.45) is 0 Å². The number of nitrogens with zero attached hydrogens (tertiary/aromatic N) is 3. The number of fused-ring (bicyclic) bond motifs is 1. The summed E-state index contributed by atoms with van der Waals surface area (Å²) in [6.07, 6.45) is 3.94. The molecular weight excluding hydrogens is 442 g/mol. The van der Waals surface area contributed by atoms with E-state index in [9.17, 15) is 18.0 Å². The second-order valence-electron chi connectivity index (χ2n) is 8.05. The molecule has 33 heavy (non-hydrogen) atoms. The number of carbonyl (C=O) groups excluding carboxylic acids is 2. The van der Waals surface area contributed by atoms with Gasteiger partial charge in [-0.3, -0.25) is 9.59 Å². The van der Waals surface area contributed by atoms with E-state index in [0.29, 0.717) is 42.2 Å². The molecule has 1 aliphatic rings. The van der Waals surface area contributed by atoms with Crippen molar-refractivity contribution in [1.82, 2.24) is 14.9 Å². The zero-order valence-corrected chi connectivity index (χ0v) is 19.2. The lowest BCUT2D eigenvalue weighted by Gasteiger charge is -2.17. The zero-order valence-electron chi connectivity index (χ0n) is 18.4. The van der Waals surface area contributed by atoms with Crippen molar-refractivity contribution < 1.29 is 18.0 Å². The van der Waals surface area contributed by atoms with E-state index < -0.39 is 9.84 Å². The van der Waals surface area contributed by atoms with Crippen molar-refractivity contribution in [3.8, 4) is 0 Å². The minimum absolute atomic E-state index is 0.0207. The molecule has 10 heteroatoms. The third-order valence-corrected chi connectivity index (χ3v) is 6.64. The maximum atomic E-state index is 12.9. The standard InChI is InChI=1S/C23H25N5O4S/c1-3-21(29)25-17-7-4-15(5-8-17)22(30)28-11-10-18(14-28)26-23-24-13-16-6-9-19(33(2,31)32)12-20(16)27-23/h4-9,12-13,18H,3,10-11,14H2,1-2H3,(H,25,29)(H,24,26,27). The first kappa shape index (κ1) is 22.7. The number of hydrogen-bond acceptors (Lipinski definition) is 7. The molecule has 0 bridgehead atoms. The summed E-state index contributed by atoms with van der Waals surface area (Å²) in [7, 11) is -3.33. The van der Waals surface area contributed by atoms with Gasteiger partial charge in [0.2, 0.25) is 11.9 Å². The summed E-state index contributed by atoms with van der Waals surface area (Å²) in [4.78, 5) is 35.1. The minimum atomic E-state index is -3.33. The Bertz CT molecular complexity index is 1310. The number of anilines is 2. The van der Waals surface area contributed by atoms with Gasteiger partial charge in [0.15, 0.2) is 9.84 Å². The van der Waals surface area contributed by atoms with E-state index in [4.69, 9.17) is 0 Å². The van der Waals surface area contributed by atoms with Crippen LogP contribution in [0.5, 0.6) is 0 Å². The predicted octanol–water partition coefficient (Wildman–Crippen LogP) is 2.71. The molecule has 0 spiro atoms. The smallest absolute Gasteiger partial charge is 0.253 e. The van der Waals surface area contributed by atoms with E-state index in [2.05, 4.69) is 20.6 Å². The van der Waals surface area contributed by atoms with Crippen molar-refractivity contribution in [1.29, 1.82) is 0 Å². The van der Waals surface area contributed by atoms with Gasteiger partial charge < -0.3 is 15.5 Å². The fourth-order valence-electron chi connectivity index (χ4n) is 3.68.